The number of amides is 2. The molecule has 7 heteroatoms. The van der Waals surface area contributed by atoms with Crippen molar-refractivity contribution < 1.29 is 19.1 Å². The lowest BCUT2D eigenvalue weighted by molar-refractivity contribution is -0.133. The first kappa shape index (κ1) is 22.2. The van der Waals surface area contributed by atoms with Gasteiger partial charge < -0.3 is 15.3 Å². The van der Waals surface area contributed by atoms with Crippen molar-refractivity contribution in [2.45, 2.75) is 82.0 Å². The molecule has 1 aliphatic carbocycles. The maximum absolute atomic E-state index is 13.4. The number of benzene rings is 1. The zero-order chi connectivity index (χ0) is 21.8. The van der Waals surface area contributed by atoms with Crippen molar-refractivity contribution in [1.82, 2.24) is 15.1 Å². The summed E-state index contributed by atoms with van der Waals surface area (Å²) in [6.45, 7) is 1.77. The molecular formula is C24H34FN3O3. The number of carbonyl (C=O) groups is 2. The smallest absolute Gasteiger partial charge is 0.237 e. The van der Waals surface area contributed by atoms with Crippen LogP contribution in [0, 0.1) is 5.82 Å². The molecule has 2 aliphatic heterocycles. The van der Waals surface area contributed by atoms with Crippen molar-refractivity contribution in [3.63, 3.8) is 0 Å². The molecule has 1 aromatic carbocycles. The van der Waals surface area contributed by atoms with Gasteiger partial charge >= 0.3 is 0 Å². The topological polar surface area (TPSA) is 72.9 Å². The van der Waals surface area contributed by atoms with Crippen LogP contribution in [-0.4, -0.2) is 70.6 Å². The molecule has 0 unspecified atom stereocenters. The molecule has 2 atom stereocenters. The van der Waals surface area contributed by atoms with Crippen molar-refractivity contribution >= 4 is 11.8 Å². The molecule has 2 saturated heterocycles. The number of carbonyl (C=O) groups excluding carboxylic acids is 2. The van der Waals surface area contributed by atoms with Crippen LogP contribution in [0.2, 0.25) is 0 Å². The van der Waals surface area contributed by atoms with Gasteiger partial charge in [-0.25, -0.2) is 4.39 Å². The molecule has 170 valence electrons. The zero-order valence-electron chi connectivity index (χ0n) is 18.1. The van der Waals surface area contributed by atoms with E-state index in [1.807, 2.05) is 4.90 Å². The van der Waals surface area contributed by atoms with E-state index in [9.17, 15) is 19.1 Å². The van der Waals surface area contributed by atoms with Crippen LogP contribution >= 0.6 is 0 Å². The van der Waals surface area contributed by atoms with E-state index in [1.165, 1.54) is 31.4 Å². The lowest BCUT2D eigenvalue weighted by atomic mass is 9.95. The van der Waals surface area contributed by atoms with Crippen LogP contribution in [0.1, 0.15) is 56.9 Å². The summed E-state index contributed by atoms with van der Waals surface area (Å²) in [6, 6.07) is 6.37. The third-order valence-corrected chi connectivity index (χ3v) is 7.10. The second kappa shape index (κ2) is 10.1. The van der Waals surface area contributed by atoms with Crippen molar-refractivity contribution in [1.29, 1.82) is 0 Å². The van der Waals surface area contributed by atoms with Gasteiger partial charge in [0.1, 0.15) is 5.82 Å². The largest absolute Gasteiger partial charge is 0.392 e. The fourth-order valence-corrected chi connectivity index (χ4v) is 5.42. The molecule has 0 aromatic heterocycles. The maximum Gasteiger partial charge on any atom is 0.237 e. The molecule has 2 N–H and O–H groups in total. The summed E-state index contributed by atoms with van der Waals surface area (Å²) < 4.78 is 13.4. The number of aliphatic hydroxyl groups excluding tert-OH is 1. The predicted octanol–water partition coefficient (Wildman–Crippen LogP) is 2.24. The Morgan fingerprint density at radius 1 is 1.10 bits per heavy atom. The second-order valence-corrected chi connectivity index (χ2v) is 9.36. The Kier molecular flexibility index (Phi) is 7.23. The van der Waals surface area contributed by atoms with Crippen LogP contribution in [0.3, 0.4) is 0 Å². The van der Waals surface area contributed by atoms with Gasteiger partial charge in [-0.1, -0.05) is 31.4 Å². The van der Waals surface area contributed by atoms with E-state index in [0.717, 1.165) is 25.7 Å². The number of halogens is 1. The first-order valence-electron chi connectivity index (χ1n) is 11.8. The molecule has 0 spiro atoms. The highest BCUT2D eigenvalue weighted by Gasteiger charge is 2.41. The fraction of sp³-hybridized carbons (Fsp3) is 0.667. The van der Waals surface area contributed by atoms with Gasteiger partial charge in [0.25, 0.3) is 0 Å². The summed E-state index contributed by atoms with van der Waals surface area (Å²) in [5.41, 5.74) is 0.689. The molecule has 31 heavy (non-hydrogen) atoms. The van der Waals surface area contributed by atoms with Gasteiger partial charge in [0.2, 0.25) is 11.8 Å². The Hall–Kier alpha value is -1.99. The number of likely N-dealkylation sites (tertiary alicyclic amines) is 2. The Bertz CT molecular complexity index is 775. The van der Waals surface area contributed by atoms with Crippen LogP contribution in [0.15, 0.2) is 24.3 Å². The summed E-state index contributed by atoms with van der Waals surface area (Å²) in [5.74, 6) is -0.265. The van der Waals surface area contributed by atoms with E-state index < -0.39 is 6.10 Å². The Balaban J connectivity index is 1.30. The minimum atomic E-state index is -0.477. The van der Waals surface area contributed by atoms with Gasteiger partial charge in [0, 0.05) is 31.7 Å². The monoisotopic (exact) mass is 431 g/mol. The molecule has 6 nitrogen and oxygen atoms in total. The average Bonchev–Trinajstić information content (AvgIpc) is 3.16. The molecular weight excluding hydrogens is 397 g/mol. The number of β-amino-alcohol motifs (C(OH)–C–C–N with tert-alkyl or cyclic N) is 1. The predicted molar refractivity (Wildman–Crippen MR) is 116 cm³/mol. The molecule has 1 saturated carbocycles. The van der Waals surface area contributed by atoms with E-state index >= 15 is 0 Å². The third-order valence-electron chi connectivity index (χ3n) is 7.10. The summed E-state index contributed by atoms with van der Waals surface area (Å²) in [7, 11) is 0. The molecule has 2 heterocycles. The molecule has 1 aromatic rings. The third kappa shape index (κ3) is 5.63. The number of aliphatic hydroxyl groups is 1. The Labute approximate surface area is 183 Å². The van der Waals surface area contributed by atoms with E-state index in [4.69, 9.17) is 0 Å². The summed E-state index contributed by atoms with van der Waals surface area (Å²) in [6.07, 6.45) is 7.47. The maximum atomic E-state index is 13.4. The van der Waals surface area contributed by atoms with Crippen LogP contribution < -0.4 is 5.32 Å². The van der Waals surface area contributed by atoms with Crippen molar-refractivity contribution in [2.24, 2.45) is 0 Å². The minimum absolute atomic E-state index is 0.0112. The quantitative estimate of drug-likeness (QED) is 0.750. The van der Waals surface area contributed by atoms with Gasteiger partial charge in [-0.15, -0.1) is 0 Å². The number of nitrogens with zero attached hydrogens (tertiary/aromatic N) is 2. The number of hydrogen-bond acceptors (Lipinski definition) is 4. The standard InChI is InChI=1S/C24H34FN3O3/c25-18-6-4-5-17(13-18)14-23(30)27-11-9-20(10-12-27)28-16-21(29)15-22(28)24(31)26-19-7-2-1-3-8-19/h4-6,13,19-22,29H,1-3,7-12,14-16H2,(H,26,31)/t21-,22+/m1/s1. The first-order chi connectivity index (χ1) is 15.0. The Morgan fingerprint density at radius 3 is 2.55 bits per heavy atom. The zero-order valence-corrected chi connectivity index (χ0v) is 18.1. The molecule has 0 radical (unpaired) electrons. The average molecular weight is 432 g/mol. The molecule has 3 aliphatic rings. The summed E-state index contributed by atoms with van der Waals surface area (Å²) in [4.78, 5) is 29.6. The van der Waals surface area contributed by atoms with Gasteiger partial charge in [-0.05, 0) is 49.8 Å². The minimum Gasteiger partial charge on any atom is -0.392 e. The highest BCUT2D eigenvalue weighted by molar-refractivity contribution is 5.82. The summed E-state index contributed by atoms with van der Waals surface area (Å²) in [5, 5.41) is 13.5. The van der Waals surface area contributed by atoms with E-state index in [2.05, 4.69) is 10.2 Å². The fourth-order valence-electron chi connectivity index (χ4n) is 5.42. The number of piperidine rings is 1. The van der Waals surface area contributed by atoms with Crippen molar-refractivity contribution in [2.75, 3.05) is 19.6 Å². The number of nitrogens with one attached hydrogen (secondary N) is 1. The first-order valence-corrected chi connectivity index (χ1v) is 11.8. The van der Waals surface area contributed by atoms with Gasteiger partial charge in [-0.3, -0.25) is 14.5 Å². The highest BCUT2D eigenvalue weighted by atomic mass is 19.1. The van der Waals surface area contributed by atoms with Gasteiger partial charge in [0.15, 0.2) is 0 Å². The van der Waals surface area contributed by atoms with Crippen LogP contribution in [-0.2, 0) is 16.0 Å². The van der Waals surface area contributed by atoms with Gasteiger partial charge in [-0.2, -0.15) is 0 Å². The molecule has 4 rings (SSSR count). The van der Waals surface area contributed by atoms with Gasteiger partial charge in [0.05, 0.1) is 18.6 Å². The molecule has 3 fully saturated rings. The lowest BCUT2D eigenvalue weighted by Crippen LogP contribution is -2.53. The van der Waals surface area contributed by atoms with Crippen LogP contribution in [0.4, 0.5) is 4.39 Å². The molecule has 0 bridgehead atoms. The van der Waals surface area contributed by atoms with E-state index in [1.54, 1.807) is 12.1 Å². The lowest BCUT2D eigenvalue weighted by Gasteiger charge is -2.39. The normalized spacial score (nSPS) is 26.2. The van der Waals surface area contributed by atoms with Crippen LogP contribution in [0.5, 0.6) is 0 Å². The van der Waals surface area contributed by atoms with E-state index in [-0.39, 0.29) is 42.2 Å². The second-order valence-electron chi connectivity index (χ2n) is 9.36. The number of hydrogen-bond donors (Lipinski definition) is 2. The van der Waals surface area contributed by atoms with E-state index in [0.29, 0.717) is 31.6 Å². The van der Waals surface area contributed by atoms with Crippen LogP contribution in [0.25, 0.3) is 0 Å². The Morgan fingerprint density at radius 2 is 1.84 bits per heavy atom. The SMILES string of the molecule is O=C(NC1CCCCC1)[C@@H]1C[C@@H](O)CN1C1CCN(C(=O)Cc2cccc(F)c2)CC1. The molecule has 2 amide bonds. The summed E-state index contributed by atoms with van der Waals surface area (Å²) >= 11 is 0. The highest BCUT2D eigenvalue weighted by Crippen LogP contribution is 2.27. The van der Waals surface area contributed by atoms with Crippen molar-refractivity contribution in [3.05, 3.63) is 35.6 Å². The number of rotatable bonds is 5. The van der Waals surface area contributed by atoms with Crippen molar-refractivity contribution in [3.8, 4) is 0 Å².